The van der Waals surface area contributed by atoms with Gasteiger partial charge in [0.1, 0.15) is 17.3 Å². The Hall–Kier alpha value is -2.99. The number of nitrogens with zero attached hydrogens (tertiary/aromatic N) is 3. The molecule has 3 heterocycles. The number of rotatable bonds is 4. The topological polar surface area (TPSA) is 66.5 Å². The Morgan fingerprint density at radius 1 is 1.15 bits per heavy atom. The molecular weight excluding hydrogens is 365 g/mol. The maximum atomic E-state index is 13.1. The van der Waals surface area contributed by atoms with E-state index in [-0.39, 0.29) is 11.9 Å². The van der Waals surface area contributed by atoms with Crippen LogP contribution in [0.2, 0.25) is 5.02 Å². The van der Waals surface area contributed by atoms with Gasteiger partial charge in [-0.2, -0.15) is 0 Å². The van der Waals surface area contributed by atoms with Crippen molar-refractivity contribution in [3.63, 3.8) is 0 Å². The van der Waals surface area contributed by atoms with Crippen molar-refractivity contribution < 1.29 is 4.39 Å². The third kappa shape index (κ3) is 3.61. The Labute approximate surface area is 160 Å². The zero-order valence-corrected chi connectivity index (χ0v) is 15.5. The molecule has 136 valence electrons. The molecule has 0 fully saturated rings. The van der Waals surface area contributed by atoms with Gasteiger partial charge in [0.25, 0.3) is 0 Å². The van der Waals surface area contributed by atoms with Gasteiger partial charge in [0.15, 0.2) is 5.82 Å². The number of aromatic nitrogens is 4. The number of nitrogens with one attached hydrogen (secondary N) is 2. The zero-order valence-electron chi connectivity index (χ0n) is 14.8. The van der Waals surface area contributed by atoms with Gasteiger partial charge < -0.3 is 10.3 Å². The van der Waals surface area contributed by atoms with Crippen LogP contribution in [0.25, 0.3) is 22.4 Å². The van der Waals surface area contributed by atoms with Crippen LogP contribution in [0.1, 0.15) is 24.2 Å². The summed E-state index contributed by atoms with van der Waals surface area (Å²) >= 11 is 6.09. The summed E-state index contributed by atoms with van der Waals surface area (Å²) < 4.78 is 13.1. The van der Waals surface area contributed by atoms with Crippen LogP contribution in [0.4, 0.5) is 10.2 Å². The summed E-state index contributed by atoms with van der Waals surface area (Å²) in [5.41, 5.74) is 3.37. The standard InChI is InChI=1S/C20H17ClFN5/c1-11-7-18(26-12(2)13-3-5-15(22)6-4-13)27-20(25-11)17-10-24-19-16(17)8-14(21)9-23-19/h3-10,12H,1-2H3,(H,23,24)(H,25,26,27)/t12-/m0/s1. The van der Waals surface area contributed by atoms with Gasteiger partial charge in [0.2, 0.25) is 0 Å². The Morgan fingerprint density at radius 2 is 1.93 bits per heavy atom. The smallest absolute Gasteiger partial charge is 0.163 e. The summed E-state index contributed by atoms with van der Waals surface area (Å²) in [7, 11) is 0. The van der Waals surface area contributed by atoms with Crippen LogP contribution >= 0.6 is 11.6 Å². The second-order valence-electron chi connectivity index (χ2n) is 6.39. The molecule has 0 saturated carbocycles. The number of aromatic amines is 1. The number of aryl methyl sites for hydroxylation is 1. The highest BCUT2D eigenvalue weighted by atomic mass is 35.5. The molecule has 0 aliphatic heterocycles. The third-order valence-corrected chi connectivity index (χ3v) is 4.53. The minimum Gasteiger partial charge on any atom is -0.363 e. The molecule has 0 amide bonds. The fraction of sp³-hybridized carbons (Fsp3) is 0.150. The van der Waals surface area contributed by atoms with Crippen LogP contribution in [0.5, 0.6) is 0 Å². The van der Waals surface area contributed by atoms with Crippen molar-refractivity contribution in [2.24, 2.45) is 0 Å². The van der Waals surface area contributed by atoms with E-state index < -0.39 is 0 Å². The first-order valence-corrected chi connectivity index (χ1v) is 8.88. The van der Waals surface area contributed by atoms with E-state index >= 15 is 0 Å². The highest BCUT2D eigenvalue weighted by Crippen LogP contribution is 2.28. The minimum absolute atomic E-state index is 0.0353. The van der Waals surface area contributed by atoms with E-state index in [0.29, 0.717) is 16.7 Å². The number of H-pyrrole nitrogens is 1. The van der Waals surface area contributed by atoms with Crippen LogP contribution in [0.15, 0.2) is 48.8 Å². The molecule has 1 aromatic carbocycles. The second-order valence-corrected chi connectivity index (χ2v) is 6.82. The Balaban J connectivity index is 1.68. The second kappa shape index (κ2) is 6.96. The summed E-state index contributed by atoms with van der Waals surface area (Å²) in [6, 6.07) is 10.1. The van der Waals surface area contributed by atoms with Gasteiger partial charge in [0, 0.05) is 41.1 Å². The van der Waals surface area contributed by atoms with Crippen molar-refractivity contribution in [3.05, 3.63) is 70.9 Å². The predicted molar refractivity (Wildman–Crippen MR) is 105 cm³/mol. The lowest BCUT2D eigenvalue weighted by atomic mass is 10.1. The predicted octanol–water partition coefficient (Wildman–Crippen LogP) is 5.29. The van der Waals surface area contributed by atoms with Crippen LogP contribution in [-0.4, -0.2) is 19.9 Å². The molecule has 4 rings (SSSR count). The molecule has 0 unspecified atom stereocenters. The average molecular weight is 382 g/mol. The number of pyridine rings is 1. The molecule has 0 bridgehead atoms. The van der Waals surface area contributed by atoms with Crippen molar-refractivity contribution >= 4 is 28.5 Å². The molecule has 7 heteroatoms. The number of benzene rings is 1. The van der Waals surface area contributed by atoms with Crippen molar-refractivity contribution in [2.75, 3.05) is 5.32 Å². The first-order valence-electron chi connectivity index (χ1n) is 8.50. The summed E-state index contributed by atoms with van der Waals surface area (Å²) in [6.07, 6.45) is 3.43. The lowest BCUT2D eigenvalue weighted by Crippen LogP contribution is -2.09. The van der Waals surface area contributed by atoms with E-state index in [1.54, 1.807) is 18.3 Å². The fourth-order valence-corrected chi connectivity index (χ4v) is 3.14. The van der Waals surface area contributed by atoms with Crippen molar-refractivity contribution in [1.82, 2.24) is 19.9 Å². The fourth-order valence-electron chi connectivity index (χ4n) is 2.98. The molecule has 1 atom stereocenters. The van der Waals surface area contributed by atoms with Crippen LogP contribution < -0.4 is 5.32 Å². The lowest BCUT2D eigenvalue weighted by Gasteiger charge is -2.16. The zero-order chi connectivity index (χ0) is 19.0. The van der Waals surface area contributed by atoms with E-state index in [4.69, 9.17) is 11.6 Å². The van der Waals surface area contributed by atoms with Gasteiger partial charge in [0.05, 0.1) is 5.02 Å². The average Bonchev–Trinajstić information content (AvgIpc) is 3.04. The van der Waals surface area contributed by atoms with E-state index in [0.717, 1.165) is 27.9 Å². The Kier molecular flexibility index (Phi) is 4.49. The molecule has 4 aromatic rings. The molecule has 5 nitrogen and oxygen atoms in total. The summed E-state index contributed by atoms with van der Waals surface area (Å²) in [5.74, 6) is 1.02. The molecule has 0 spiro atoms. The molecule has 0 saturated heterocycles. The summed E-state index contributed by atoms with van der Waals surface area (Å²) in [6.45, 7) is 3.92. The first-order chi connectivity index (χ1) is 13.0. The molecule has 0 radical (unpaired) electrons. The van der Waals surface area contributed by atoms with Crippen molar-refractivity contribution in [3.8, 4) is 11.4 Å². The third-order valence-electron chi connectivity index (χ3n) is 4.33. The minimum atomic E-state index is -0.252. The van der Waals surface area contributed by atoms with Crippen LogP contribution in [-0.2, 0) is 0 Å². The quantitative estimate of drug-likeness (QED) is 0.503. The molecule has 0 aliphatic rings. The number of hydrogen-bond donors (Lipinski definition) is 2. The van der Waals surface area contributed by atoms with E-state index in [1.165, 1.54) is 12.1 Å². The maximum Gasteiger partial charge on any atom is 0.163 e. The first kappa shape index (κ1) is 17.4. The van der Waals surface area contributed by atoms with Crippen molar-refractivity contribution in [1.29, 1.82) is 0 Å². The number of halogens is 2. The molecule has 2 N–H and O–H groups in total. The van der Waals surface area contributed by atoms with Crippen molar-refractivity contribution in [2.45, 2.75) is 19.9 Å². The number of fused-ring (bicyclic) bond motifs is 1. The van der Waals surface area contributed by atoms with Gasteiger partial charge in [-0.25, -0.2) is 19.3 Å². The van der Waals surface area contributed by atoms with E-state index in [2.05, 4.69) is 25.3 Å². The maximum absolute atomic E-state index is 13.1. The number of hydrogen-bond acceptors (Lipinski definition) is 4. The number of anilines is 1. The highest BCUT2D eigenvalue weighted by Gasteiger charge is 2.13. The van der Waals surface area contributed by atoms with Gasteiger partial charge in [-0.3, -0.25) is 0 Å². The Morgan fingerprint density at radius 3 is 2.70 bits per heavy atom. The monoisotopic (exact) mass is 381 g/mol. The van der Waals surface area contributed by atoms with Gasteiger partial charge in [-0.1, -0.05) is 23.7 Å². The molecule has 27 heavy (non-hydrogen) atoms. The molecule has 3 aromatic heterocycles. The molecule has 0 aliphatic carbocycles. The van der Waals surface area contributed by atoms with Gasteiger partial charge >= 0.3 is 0 Å². The van der Waals surface area contributed by atoms with Crippen LogP contribution in [0.3, 0.4) is 0 Å². The van der Waals surface area contributed by atoms with Crippen LogP contribution in [0, 0.1) is 12.7 Å². The van der Waals surface area contributed by atoms with Gasteiger partial charge in [-0.05, 0) is 37.6 Å². The van der Waals surface area contributed by atoms with E-state index in [9.17, 15) is 4.39 Å². The lowest BCUT2D eigenvalue weighted by molar-refractivity contribution is 0.626. The summed E-state index contributed by atoms with van der Waals surface area (Å²) in [5, 5.41) is 4.78. The largest absolute Gasteiger partial charge is 0.363 e. The molecular formula is C20H17ClFN5. The normalized spacial score (nSPS) is 12.3. The van der Waals surface area contributed by atoms with E-state index in [1.807, 2.05) is 32.2 Å². The highest BCUT2D eigenvalue weighted by molar-refractivity contribution is 6.31. The summed E-state index contributed by atoms with van der Waals surface area (Å²) in [4.78, 5) is 16.6. The van der Waals surface area contributed by atoms with Gasteiger partial charge in [-0.15, -0.1) is 0 Å². The SMILES string of the molecule is Cc1cc(N[C@@H](C)c2ccc(F)cc2)nc(-c2c[nH]c3ncc(Cl)cc23)n1. The Bertz CT molecular complexity index is 1110.